The molecule has 28 heavy (non-hydrogen) atoms. The summed E-state index contributed by atoms with van der Waals surface area (Å²) in [4.78, 5) is 25.3. The van der Waals surface area contributed by atoms with Crippen LogP contribution >= 0.6 is 0 Å². The molecule has 0 aromatic carbocycles. The Kier molecular flexibility index (Phi) is 4.97. The Labute approximate surface area is 172 Å². The predicted octanol–water partition coefficient (Wildman–Crippen LogP) is 6.75. The maximum atomic E-state index is 6.33. The average Bonchev–Trinajstić information content (AvgIpc) is 2.58. The monoisotopic (exact) mass is 396 g/mol. The summed E-state index contributed by atoms with van der Waals surface area (Å²) in [6.07, 6.45) is 1.48. The molecule has 0 amide bonds. The van der Waals surface area contributed by atoms with Crippen molar-refractivity contribution < 1.29 is 19.6 Å². The Morgan fingerprint density at radius 3 is 0.964 bits per heavy atom. The second-order valence-electron chi connectivity index (χ2n) is 12.8. The lowest BCUT2D eigenvalue weighted by atomic mass is 9.52. The van der Waals surface area contributed by atoms with Crippen LogP contribution in [0.5, 0.6) is 0 Å². The highest BCUT2D eigenvalue weighted by Crippen LogP contribution is 2.65. The van der Waals surface area contributed by atoms with Gasteiger partial charge in [-0.25, -0.2) is 0 Å². The van der Waals surface area contributed by atoms with Gasteiger partial charge in [0.25, 0.3) is 0 Å². The largest absolute Gasteiger partial charge is 0.240 e. The molecule has 3 fully saturated rings. The summed E-state index contributed by atoms with van der Waals surface area (Å²) in [5.74, 6) is 0.0733. The zero-order valence-corrected chi connectivity index (χ0v) is 20.4. The quantitative estimate of drug-likeness (QED) is 0.425. The van der Waals surface area contributed by atoms with E-state index in [0.717, 1.165) is 12.8 Å². The van der Waals surface area contributed by atoms with E-state index in [2.05, 4.69) is 83.1 Å². The molecule has 2 aliphatic carbocycles. The van der Waals surface area contributed by atoms with E-state index in [1.807, 2.05) is 0 Å². The molecule has 0 aromatic rings. The first-order valence-corrected chi connectivity index (χ1v) is 11.2. The molecule has 0 N–H and O–H groups in total. The summed E-state index contributed by atoms with van der Waals surface area (Å²) in [6.45, 7) is 27.3. The van der Waals surface area contributed by atoms with E-state index < -0.39 is 11.6 Å². The molecule has 2 saturated carbocycles. The van der Waals surface area contributed by atoms with Gasteiger partial charge in [-0.1, -0.05) is 83.1 Å². The van der Waals surface area contributed by atoms with Gasteiger partial charge < -0.3 is 0 Å². The van der Waals surface area contributed by atoms with Crippen LogP contribution in [-0.2, 0) is 19.6 Å². The number of rotatable bonds is 0. The Bertz CT molecular complexity index is 556. The van der Waals surface area contributed by atoms with Crippen LogP contribution in [0, 0.1) is 45.3 Å². The van der Waals surface area contributed by atoms with Crippen molar-refractivity contribution in [2.45, 2.75) is 108 Å². The van der Waals surface area contributed by atoms with Crippen LogP contribution in [0.3, 0.4) is 0 Å². The van der Waals surface area contributed by atoms with Crippen molar-refractivity contribution in [1.29, 1.82) is 0 Å². The van der Waals surface area contributed by atoms with Crippen LogP contribution < -0.4 is 0 Å². The van der Waals surface area contributed by atoms with Crippen molar-refractivity contribution in [3.63, 3.8) is 0 Å². The molecular formula is C24H44O4. The minimum atomic E-state index is -0.903. The maximum absolute atomic E-state index is 6.33. The topological polar surface area (TPSA) is 36.9 Å². The van der Waals surface area contributed by atoms with Gasteiger partial charge in [-0.2, -0.15) is 19.6 Å². The minimum Gasteiger partial charge on any atom is -0.194 e. The van der Waals surface area contributed by atoms with Gasteiger partial charge in [0.2, 0.25) is 11.6 Å². The van der Waals surface area contributed by atoms with Crippen LogP contribution in [-0.4, -0.2) is 11.6 Å². The first kappa shape index (κ1) is 22.5. The zero-order chi connectivity index (χ0) is 21.6. The molecule has 4 nitrogen and oxygen atoms in total. The normalized spacial score (nSPS) is 49.3. The van der Waals surface area contributed by atoms with E-state index in [0.29, 0.717) is 23.7 Å². The van der Waals surface area contributed by atoms with Crippen molar-refractivity contribution in [3.8, 4) is 0 Å². The van der Waals surface area contributed by atoms with Crippen LogP contribution in [0.1, 0.15) is 95.9 Å². The van der Waals surface area contributed by atoms with Gasteiger partial charge in [-0.05, 0) is 34.5 Å². The molecule has 0 radical (unpaired) electrons. The predicted molar refractivity (Wildman–Crippen MR) is 111 cm³/mol. The van der Waals surface area contributed by atoms with Gasteiger partial charge in [-0.3, -0.25) is 0 Å². The molecule has 0 bridgehead atoms. The first-order valence-electron chi connectivity index (χ1n) is 11.2. The Hall–Kier alpha value is -0.160. The molecule has 2 spiro atoms. The third kappa shape index (κ3) is 2.77. The summed E-state index contributed by atoms with van der Waals surface area (Å²) >= 11 is 0. The van der Waals surface area contributed by atoms with Crippen LogP contribution in [0.4, 0.5) is 0 Å². The van der Waals surface area contributed by atoms with E-state index in [9.17, 15) is 0 Å². The van der Waals surface area contributed by atoms with Crippen molar-refractivity contribution in [2.75, 3.05) is 0 Å². The van der Waals surface area contributed by atoms with Crippen molar-refractivity contribution in [3.05, 3.63) is 0 Å². The third-order valence-electron chi connectivity index (χ3n) is 10.2. The van der Waals surface area contributed by atoms with Crippen LogP contribution in [0.25, 0.3) is 0 Å². The lowest BCUT2D eigenvalue weighted by Gasteiger charge is -2.64. The lowest BCUT2D eigenvalue weighted by molar-refractivity contribution is -0.696. The highest BCUT2D eigenvalue weighted by Gasteiger charge is 2.69. The van der Waals surface area contributed by atoms with Crippen LogP contribution in [0.2, 0.25) is 0 Å². The fourth-order valence-corrected chi connectivity index (χ4v) is 6.12. The number of hydrogen-bond acceptors (Lipinski definition) is 4. The molecule has 3 rings (SSSR count). The minimum absolute atomic E-state index is 0.0648. The smallest absolute Gasteiger partial charge is 0.194 e. The van der Waals surface area contributed by atoms with E-state index >= 15 is 0 Å². The van der Waals surface area contributed by atoms with Crippen molar-refractivity contribution in [2.24, 2.45) is 45.3 Å². The van der Waals surface area contributed by atoms with Gasteiger partial charge in [0, 0.05) is 23.7 Å². The van der Waals surface area contributed by atoms with Gasteiger partial charge in [0.05, 0.1) is 0 Å². The highest BCUT2D eigenvalue weighted by molar-refractivity contribution is 5.06. The molecular weight excluding hydrogens is 352 g/mol. The Balaban J connectivity index is 1.95. The molecule has 1 saturated heterocycles. The second kappa shape index (κ2) is 6.18. The Morgan fingerprint density at radius 2 is 0.714 bits per heavy atom. The lowest BCUT2D eigenvalue weighted by Crippen LogP contribution is -2.70. The van der Waals surface area contributed by atoms with Crippen molar-refractivity contribution >= 4 is 0 Å². The SMILES string of the molecule is CC1C(C)C(C)(C)C2(CC1(C)C)OOC1(CC(C)(C)C(C)C(C)C1(C)C)OO2. The van der Waals surface area contributed by atoms with Gasteiger partial charge >= 0.3 is 0 Å². The molecule has 3 aliphatic rings. The highest BCUT2D eigenvalue weighted by atomic mass is 17.4. The summed E-state index contributed by atoms with van der Waals surface area (Å²) in [6, 6.07) is 0. The van der Waals surface area contributed by atoms with Crippen molar-refractivity contribution in [1.82, 2.24) is 0 Å². The van der Waals surface area contributed by atoms with E-state index in [-0.39, 0.29) is 21.7 Å². The van der Waals surface area contributed by atoms with E-state index in [1.54, 1.807) is 0 Å². The molecule has 4 heteroatoms. The van der Waals surface area contributed by atoms with Gasteiger partial charge in [-0.15, -0.1) is 0 Å². The summed E-state index contributed by atoms with van der Waals surface area (Å²) in [5.41, 5.74) is -0.349. The molecule has 0 aromatic heterocycles. The van der Waals surface area contributed by atoms with E-state index in [4.69, 9.17) is 19.6 Å². The molecule has 4 atom stereocenters. The third-order valence-corrected chi connectivity index (χ3v) is 10.2. The molecule has 4 unspecified atom stereocenters. The summed E-state index contributed by atoms with van der Waals surface area (Å²) in [7, 11) is 0. The molecule has 1 aliphatic heterocycles. The summed E-state index contributed by atoms with van der Waals surface area (Å²) < 4.78 is 0. The number of hydrogen-bond donors (Lipinski definition) is 0. The Morgan fingerprint density at radius 1 is 0.464 bits per heavy atom. The first-order chi connectivity index (χ1) is 12.5. The zero-order valence-electron chi connectivity index (χ0n) is 20.4. The van der Waals surface area contributed by atoms with Crippen LogP contribution in [0.15, 0.2) is 0 Å². The maximum Gasteiger partial charge on any atom is 0.240 e. The van der Waals surface area contributed by atoms with Gasteiger partial charge in [0.15, 0.2) is 0 Å². The second-order valence-corrected chi connectivity index (χ2v) is 12.8. The average molecular weight is 397 g/mol. The summed E-state index contributed by atoms with van der Waals surface area (Å²) in [5, 5.41) is 0. The molecule has 1 heterocycles. The fourth-order valence-electron chi connectivity index (χ4n) is 6.12. The van der Waals surface area contributed by atoms with E-state index in [1.165, 1.54) is 0 Å². The van der Waals surface area contributed by atoms with Gasteiger partial charge in [0.1, 0.15) is 0 Å². The fraction of sp³-hybridized carbons (Fsp3) is 1.00. The molecule has 164 valence electrons. The standard InChI is InChI=1S/C24H44O4/c1-15-17(3)21(9,10)23(13-19(15,5)6)25-27-24(28-26-23)14-20(7,8)16(2)18(4)22(24,11)12/h15-18H,13-14H2,1-12H3.